The van der Waals surface area contributed by atoms with Crippen molar-refractivity contribution in [3.63, 3.8) is 0 Å². The summed E-state index contributed by atoms with van der Waals surface area (Å²) in [5, 5.41) is 13.5. The van der Waals surface area contributed by atoms with Crippen LogP contribution >= 0.6 is 15.9 Å². The fourth-order valence-electron chi connectivity index (χ4n) is 3.60. The van der Waals surface area contributed by atoms with Gasteiger partial charge in [-0.25, -0.2) is 9.97 Å². The molecule has 0 saturated heterocycles. The number of aliphatic hydroxyl groups excluding tert-OH is 1. The first-order valence-electron chi connectivity index (χ1n) is 10.2. The molecule has 2 aromatic carbocycles. The molecule has 1 amide bonds. The second-order valence-corrected chi connectivity index (χ2v) is 8.56. The van der Waals surface area contributed by atoms with E-state index in [-0.39, 0.29) is 12.5 Å². The molecule has 2 N–H and O–H groups in total. The van der Waals surface area contributed by atoms with Crippen LogP contribution in [0.15, 0.2) is 65.5 Å². The number of amides is 1. The van der Waals surface area contributed by atoms with E-state index in [1.54, 1.807) is 23.2 Å². The second-order valence-electron chi connectivity index (χ2n) is 7.64. The van der Waals surface area contributed by atoms with Gasteiger partial charge in [-0.3, -0.25) is 4.79 Å². The van der Waals surface area contributed by atoms with Gasteiger partial charge < -0.3 is 15.0 Å². The van der Waals surface area contributed by atoms with Gasteiger partial charge in [-0.15, -0.1) is 0 Å². The number of hydrogen-bond acceptors (Lipinski definition) is 4. The molecule has 32 heavy (non-hydrogen) atoms. The molecule has 162 valence electrons. The number of aryl methyl sites for hydroxylation is 2. The predicted octanol–water partition coefficient (Wildman–Crippen LogP) is 4.67. The van der Waals surface area contributed by atoms with Gasteiger partial charge in [0, 0.05) is 16.9 Å². The summed E-state index contributed by atoms with van der Waals surface area (Å²) < 4.78 is 2.63. The minimum Gasteiger partial charge on any atom is -0.394 e. The van der Waals surface area contributed by atoms with Crippen molar-refractivity contribution in [2.45, 2.75) is 13.0 Å². The van der Waals surface area contributed by atoms with Crippen molar-refractivity contribution in [3.8, 4) is 0 Å². The molecule has 0 saturated carbocycles. The maximum absolute atomic E-state index is 13.3. The third-order valence-electron chi connectivity index (χ3n) is 5.22. The fourth-order valence-corrected chi connectivity index (χ4v) is 3.96. The number of aliphatic hydroxyl groups is 1. The fraction of sp³-hybridized carbons (Fsp3) is 0.160. The Kier molecular flexibility index (Phi) is 6.48. The molecular weight excluding hydrogens is 468 g/mol. The Labute approximate surface area is 194 Å². The Morgan fingerprint density at radius 1 is 1.22 bits per heavy atom. The molecule has 0 aliphatic rings. The number of nitrogens with zero attached hydrogens (tertiary/aromatic N) is 3. The van der Waals surface area contributed by atoms with Gasteiger partial charge in [-0.05, 0) is 42.8 Å². The SMILES string of the molecule is Cc1cccc(/C=C/c2cc(C(=O)NC(CO)c3cncn3C)c3cc(Br)ccc3n2)c1. The van der Waals surface area contributed by atoms with Gasteiger partial charge in [-0.1, -0.05) is 51.8 Å². The van der Waals surface area contributed by atoms with E-state index in [2.05, 4.69) is 32.3 Å². The normalized spacial score (nSPS) is 12.4. The molecule has 1 atom stereocenters. The van der Waals surface area contributed by atoms with Crippen LogP contribution in [0.2, 0.25) is 0 Å². The third kappa shape index (κ3) is 4.79. The lowest BCUT2D eigenvalue weighted by atomic mass is 10.1. The van der Waals surface area contributed by atoms with Crippen molar-refractivity contribution >= 4 is 44.9 Å². The summed E-state index contributed by atoms with van der Waals surface area (Å²) in [4.78, 5) is 22.1. The molecular formula is C25H23BrN4O2. The minimum absolute atomic E-state index is 0.238. The second kappa shape index (κ2) is 9.46. The highest BCUT2D eigenvalue weighted by Crippen LogP contribution is 2.25. The van der Waals surface area contributed by atoms with Gasteiger partial charge in [0.25, 0.3) is 5.91 Å². The molecule has 4 rings (SSSR count). The van der Waals surface area contributed by atoms with Crippen LogP contribution in [-0.2, 0) is 7.05 Å². The topological polar surface area (TPSA) is 80.0 Å². The highest BCUT2D eigenvalue weighted by atomic mass is 79.9. The Hall–Kier alpha value is -3.29. The predicted molar refractivity (Wildman–Crippen MR) is 130 cm³/mol. The van der Waals surface area contributed by atoms with Crippen molar-refractivity contribution in [3.05, 3.63) is 93.6 Å². The number of aromatic nitrogens is 3. The average Bonchev–Trinajstić information content (AvgIpc) is 3.21. The number of nitrogens with one attached hydrogen (secondary N) is 1. The van der Waals surface area contributed by atoms with E-state index in [9.17, 15) is 9.90 Å². The average molecular weight is 491 g/mol. The molecule has 0 fully saturated rings. The Bertz CT molecular complexity index is 1310. The number of carbonyl (C=O) groups is 1. The summed E-state index contributed by atoms with van der Waals surface area (Å²) in [5.74, 6) is -0.291. The maximum atomic E-state index is 13.3. The molecule has 2 aromatic heterocycles. The summed E-state index contributed by atoms with van der Waals surface area (Å²) in [6.45, 7) is 1.81. The van der Waals surface area contributed by atoms with Crippen LogP contribution in [0.25, 0.3) is 23.1 Å². The van der Waals surface area contributed by atoms with Crippen LogP contribution in [0.3, 0.4) is 0 Å². The van der Waals surface area contributed by atoms with E-state index >= 15 is 0 Å². The minimum atomic E-state index is -0.573. The van der Waals surface area contributed by atoms with Crippen LogP contribution in [0, 0.1) is 6.92 Å². The Balaban J connectivity index is 1.72. The van der Waals surface area contributed by atoms with E-state index in [0.717, 1.165) is 21.1 Å². The first kappa shape index (κ1) is 21.9. The molecule has 6 nitrogen and oxygen atoms in total. The van der Waals surface area contributed by atoms with E-state index in [4.69, 9.17) is 4.98 Å². The number of rotatable bonds is 6. The zero-order valence-corrected chi connectivity index (χ0v) is 19.4. The first-order chi connectivity index (χ1) is 15.4. The quantitative estimate of drug-likeness (QED) is 0.411. The molecule has 7 heteroatoms. The molecule has 0 aliphatic carbocycles. The summed E-state index contributed by atoms with van der Waals surface area (Å²) in [5.41, 5.74) is 4.83. The summed E-state index contributed by atoms with van der Waals surface area (Å²) >= 11 is 3.48. The number of carbonyl (C=O) groups excluding carboxylic acids is 1. The van der Waals surface area contributed by atoms with Gasteiger partial charge in [-0.2, -0.15) is 0 Å². The van der Waals surface area contributed by atoms with Crippen LogP contribution in [0.1, 0.15) is 38.9 Å². The van der Waals surface area contributed by atoms with Crippen molar-refractivity contribution in [1.82, 2.24) is 19.9 Å². The molecule has 0 bridgehead atoms. The lowest BCUT2D eigenvalue weighted by Gasteiger charge is -2.18. The number of halogens is 1. The standard InChI is InChI=1S/C25H23BrN4O2/c1-16-4-3-5-17(10-16)6-8-19-12-21(20-11-18(26)7-9-22(20)28-19)25(32)29-23(14-31)24-13-27-15-30(24)2/h3-13,15,23,31H,14H2,1-2H3,(H,29,32)/b8-6+. The number of hydrogen-bond donors (Lipinski definition) is 2. The molecule has 1 unspecified atom stereocenters. The molecule has 0 radical (unpaired) electrons. The van der Waals surface area contributed by atoms with E-state index in [1.165, 1.54) is 5.56 Å². The Morgan fingerprint density at radius 3 is 2.78 bits per heavy atom. The first-order valence-corrected chi connectivity index (χ1v) is 11.0. The van der Waals surface area contributed by atoms with Crippen LogP contribution in [-0.4, -0.2) is 32.2 Å². The monoisotopic (exact) mass is 490 g/mol. The van der Waals surface area contributed by atoms with E-state index in [1.807, 2.05) is 62.5 Å². The number of pyridine rings is 1. The van der Waals surface area contributed by atoms with Gasteiger partial charge in [0.1, 0.15) is 0 Å². The summed E-state index contributed by atoms with van der Waals surface area (Å²) in [6.07, 6.45) is 7.15. The molecule has 0 spiro atoms. The number of fused-ring (bicyclic) bond motifs is 1. The zero-order chi connectivity index (χ0) is 22.7. The summed E-state index contributed by atoms with van der Waals surface area (Å²) in [6, 6.07) is 15.0. The lowest BCUT2D eigenvalue weighted by molar-refractivity contribution is 0.0915. The van der Waals surface area contributed by atoms with Crippen molar-refractivity contribution in [2.75, 3.05) is 6.61 Å². The highest BCUT2D eigenvalue weighted by molar-refractivity contribution is 9.10. The van der Waals surface area contributed by atoms with E-state index < -0.39 is 6.04 Å². The number of benzene rings is 2. The molecule has 2 heterocycles. The molecule has 0 aliphatic heterocycles. The van der Waals surface area contributed by atoms with Gasteiger partial charge in [0.05, 0.1) is 47.6 Å². The Morgan fingerprint density at radius 2 is 2.06 bits per heavy atom. The highest BCUT2D eigenvalue weighted by Gasteiger charge is 2.20. The molecule has 4 aromatic rings. The van der Waals surface area contributed by atoms with Crippen LogP contribution in [0.4, 0.5) is 0 Å². The van der Waals surface area contributed by atoms with Crippen molar-refractivity contribution < 1.29 is 9.90 Å². The number of imidazole rings is 1. The summed E-state index contributed by atoms with van der Waals surface area (Å²) in [7, 11) is 1.82. The lowest BCUT2D eigenvalue weighted by Crippen LogP contribution is -2.32. The van der Waals surface area contributed by atoms with Crippen LogP contribution in [0.5, 0.6) is 0 Å². The van der Waals surface area contributed by atoms with Gasteiger partial charge >= 0.3 is 0 Å². The largest absolute Gasteiger partial charge is 0.394 e. The smallest absolute Gasteiger partial charge is 0.252 e. The third-order valence-corrected chi connectivity index (χ3v) is 5.72. The zero-order valence-electron chi connectivity index (χ0n) is 17.8. The van der Waals surface area contributed by atoms with E-state index in [0.29, 0.717) is 16.8 Å². The van der Waals surface area contributed by atoms with Crippen molar-refractivity contribution in [2.24, 2.45) is 7.05 Å². The van der Waals surface area contributed by atoms with Gasteiger partial charge in [0.2, 0.25) is 0 Å². The van der Waals surface area contributed by atoms with Crippen LogP contribution < -0.4 is 5.32 Å². The maximum Gasteiger partial charge on any atom is 0.252 e. The van der Waals surface area contributed by atoms with Gasteiger partial charge in [0.15, 0.2) is 0 Å². The van der Waals surface area contributed by atoms with Crippen molar-refractivity contribution in [1.29, 1.82) is 0 Å².